The van der Waals surface area contributed by atoms with Crippen molar-refractivity contribution in [3.8, 4) is 0 Å². The fourth-order valence-corrected chi connectivity index (χ4v) is 3.08. The van der Waals surface area contributed by atoms with E-state index in [0.717, 1.165) is 24.0 Å². The summed E-state index contributed by atoms with van der Waals surface area (Å²) in [7, 11) is -3.39. The monoisotopic (exact) mass is 315 g/mol. The topological polar surface area (TPSA) is 46.2 Å². The van der Waals surface area contributed by atoms with Crippen molar-refractivity contribution in [1.82, 2.24) is 4.72 Å². The van der Waals surface area contributed by atoms with Crippen LogP contribution in [0.25, 0.3) is 6.08 Å². The quantitative estimate of drug-likeness (QED) is 0.791. The van der Waals surface area contributed by atoms with Gasteiger partial charge < -0.3 is 0 Å². The van der Waals surface area contributed by atoms with Crippen molar-refractivity contribution in [1.29, 1.82) is 0 Å². The van der Waals surface area contributed by atoms with Crippen LogP contribution in [0.2, 0.25) is 0 Å². The molecule has 0 saturated carbocycles. The van der Waals surface area contributed by atoms with Crippen molar-refractivity contribution < 1.29 is 8.42 Å². The largest absolute Gasteiger partial charge is 0.240 e. The smallest absolute Gasteiger partial charge is 0.211 e. The van der Waals surface area contributed by atoms with E-state index >= 15 is 0 Å². The van der Waals surface area contributed by atoms with Crippen LogP contribution < -0.4 is 4.72 Å². The summed E-state index contributed by atoms with van der Waals surface area (Å²) >= 11 is 0. The number of allylic oxidation sites excluding steroid dienone is 1. The number of hydrogen-bond donors (Lipinski definition) is 1. The van der Waals surface area contributed by atoms with Gasteiger partial charge in [0.2, 0.25) is 10.0 Å². The van der Waals surface area contributed by atoms with E-state index in [1.165, 1.54) is 0 Å². The second kappa shape index (κ2) is 7.92. The fraction of sp³-hybridized carbons (Fsp3) is 0.222. The Morgan fingerprint density at radius 2 is 1.68 bits per heavy atom. The molecule has 0 fully saturated rings. The van der Waals surface area contributed by atoms with Gasteiger partial charge in [-0.3, -0.25) is 0 Å². The molecule has 0 heterocycles. The molecule has 0 aromatic heterocycles. The SMILES string of the molecule is Cc1ccc(S(=O)(=O)NCCC/C=C/c2ccccc2)cc1. The second-order valence-electron chi connectivity index (χ2n) is 5.17. The summed E-state index contributed by atoms with van der Waals surface area (Å²) in [5.41, 5.74) is 2.20. The van der Waals surface area contributed by atoms with Crippen LogP contribution in [0.5, 0.6) is 0 Å². The van der Waals surface area contributed by atoms with Crippen LogP contribution >= 0.6 is 0 Å². The van der Waals surface area contributed by atoms with Crippen molar-refractivity contribution in [2.24, 2.45) is 0 Å². The summed E-state index contributed by atoms with van der Waals surface area (Å²) in [5, 5.41) is 0. The second-order valence-corrected chi connectivity index (χ2v) is 6.93. The van der Waals surface area contributed by atoms with Crippen molar-refractivity contribution in [2.75, 3.05) is 6.54 Å². The van der Waals surface area contributed by atoms with Crippen molar-refractivity contribution in [3.05, 3.63) is 71.8 Å². The van der Waals surface area contributed by atoms with Gasteiger partial charge in [0.15, 0.2) is 0 Å². The van der Waals surface area contributed by atoms with Gasteiger partial charge >= 0.3 is 0 Å². The van der Waals surface area contributed by atoms with Gasteiger partial charge in [0.05, 0.1) is 4.90 Å². The molecule has 3 nitrogen and oxygen atoms in total. The number of benzene rings is 2. The lowest BCUT2D eigenvalue weighted by atomic mass is 10.2. The minimum absolute atomic E-state index is 0.318. The summed E-state index contributed by atoms with van der Waals surface area (Å²) in [4.78, 5) is 0.318. The molecular weight excluding hydrogens is 294 g/mol. The predicted molar refractivity (Wildman–Crippen MR) is 91.1 cm³/mol. The maximum atomic E-state index is 12.1. The average molecular weight is 315 g/mol. The van der Waals surface area contributed by atoms with Crippen LogP contribution in [0.3, 0.4) is 0 Å². The first-order valence-electron chi connectivity index (χ1n) is 7.36. The maximum Gasteiger partial charge on any atom is 0.240 e. The Hall–Kier alpha value is -1.91. The third-order valence-electron chi connectivity index (χ3n) is 3.28. The molecule has 0 saturated heterocycles. The third kappa shape index (κ3) is 5.13. The summed E-state index contributed by atoms with van der Waals surface area (Å²) in [6.45, 7) is 2.37. The molecule has 22 heavy (non-hydrogen) atoms. The number of unbranched alkanes of at least 4 members (excludes halogenated alkanes) is 1. The van der Waals surface area contributed by atoms with E-state index in [-0.39, 0.29) is 0 Å². The van der Waals surface area contributed by atoms with Crippen molar-refractivity contribution in [3.63, 3.8) is 0 Å². The fourth-order valence-electron chi connectivity index (χ4n) is 2.01. The molecule has 4 heteroatoms. The summed E-state index contributed by atoms with van der Waals surface area (Å²) in [6.07, 6.45) is 5.73. The first kappa shape index (κ1) is 16.5. The minimum Gasteiger partial charge on any atom is -0.211 e. The molecule has 0 unspecified atom stereocenters. The molecule has 0 bridgehead atoms. The van der Waals surface area contributed by atoms with Gasteiger partial charge in [0, 0.05) is 6.54 Å². The number of sulfonamides is 1. The van der Waals surface area contributed by atoms with E-state index in [9.17, 15) is 8.42 Å². The van der Waals surface area contributed by atoms with E-state index in [0.29, 0.717) is 11.4 Å². The van der Waals surface area contributed by atoms with Gasteiger partial charge in [-0.05, 0) is 37.5 Å². The zero-order valence-electron chi connectivity index (χ0n) is 12.7. The molecule has 0 atom stereocenters. The molecule has 0 radical (unpaired) electrons. The Morgan fingerprint density at radius 1 is 1.00 bits per heavy atom. The first-order chi connectivity index (χ1) is 10.6. The highest BCUT2D eigenvalue weighted by atomic mass is 32.2. The van der Waals surface area contributed by atoms with E-state index < -0.39 is 10.0 Å². The molecule has 0 aliphatic rings. The predicted octanol–water partition coefficient (Wildman–Crippen LogP) is 3.77. The zero-order valence-corrected chi connectivity index (χ0v) is 13.5. The highest BCUT2D eigenvalue weighted by Crippen LogP contribution is 2.10. The number of hydrogen-bond acceptors (Lipinski definition) is 2. The Kier molecular flexibility index (Phi) is 5.92. The molecule has 2 rings (SSSR count). The normalized spacial score (nSPS) is 11.9. The van der Waals surface area contributed by atoms with Crippen LogP contribution in [0.4, 0.5) is 0 Å². The Morgan fingerprint density at radius 3 is 2.36 bits per heavy atom. The number of aryl methyl sites for hydroxylation is 1. The Bertz CT molecular complexity index is 705. The maximum absolute atomic E-state index is 12.1. The van der Waals surface area contributed by atoms with Crippen LogP contribution in [0.15, 0.2) is 65.6 Å². The van der Waals surface area contributed by atoms with Gasteiger partial charge in [-0.15, -0.1) is 0 Å². The van der Waals surface area contributed by atoms with Gasteiger partial charge in [-0.25, -0.2) is 13.1 Å². The molecule has 2 aromatic rings. The van der Waals surface area contributed by atoms with Crippen LogP contribution in [-0.4, -0.2) is 15.0 Å². The number of rotatable bonds is 7. The first-order valence-corrected chi connectivity index (χ1v) is 8.84. The summed E-state index contributed by atoms with van der Waals surface area (Å²) in [6, 6.07) is 16.9. The molecule has 0 spiro atoms. The highest BCUT2D eigenvalue weighted by Gasteiger charge is 2.11. The highest BCUT2D eigenvalue weighted by molar-refractivity contribution is 7.89. The molecule has 116 valence electrons. The third-order valence-corrected chi connectivity index (χ3v) is 4.76. The molecule has 0 aliphatic carbocycles. The van der Waals surface area contributed by atoms with Gasteiger partial charge in [-0.2, -0.15) is 0 Å². The molecule has 1 N–H and O–H groups in total. The van der Waals surface area contributed by atoms with Crippen molar-refractivity contribution in [2.45, 2.75) is 24.7 Å². The van der Waals surface area contributed by atoms with Crippen LogP contribution in [0.1, 0.15) is 24.0 Å². The molecule has 2 aromatic carbocycles. The lowest BCUT2D eigenvalue weighted by Crippen LogP contribution is -2.24. The molecule has 0 aliphatic heterocycles. The Labute approximate surface area is 132 Å². The summed E-state index contributed by atoms with van der Waals surface area (Å²) < 4.78 is 26.8. The number of nitrogens with one attached hydrogen (secondary N) is 1. The zero-order chi connectivity index (χ0) is 15.8. The van der Waals surface area contributed by atoms with E-state index in [4.69, 9.17) is 0 Å². The van der Waals surface area contributed by atoms with Crippen LogP contribution in [-0.2, 0) is 10.0 Å². The standard InChI is InChI=1S/C18H21NO2S/c1-16-11-13-18(14-12-16)22(20,21)19-15-7-3-6-10-17-8-4-2-5-9-17/h2,4-6,8-14,19H,3,7,15H2,1H3/b10-6+. The van der Waals surface area contributed by atoms with Gasteiger partial charge in [0.1, 0.15) is 0 Å². The van der Waals surface area contributed by atoms with E-state index in [1.54, 1.807) is 24.3 Å². The summed E-state index contributed by atoms with van der Waals surface area (Å²) in [5.74, 6) is 0. The van der Waals surface area contributed by atoms with Crippen molar-refractivity contribution >= 4 is 16.1 Å². The van der Waals surface area contributed by atoms with E-state index in [2.05, 4.69) is 16.9 Å². The van der Waals surface area contributed by atoms with E-state index in [1.807, 2.05) is 37.3 Å². The van der Waals surface area contributed by atoms with Gasteiger partial charge in [-0.1, -0.05) is 60.2 Å². The lowest BCUT2D eigenvalue weighted by molar-refractivity contribution is 0.579. The Balaban J connectivity index is 1.76. The molecule has 0 amide bonds. The minimum atomic E-state index is -3.39. The average Bonchev–Trinajstić information content (AvgIpc) is 2.52. The molecular formula is C18H21NO2S. The lowest BCUT2D eigenvalue weighted by Gasteiger charge is -2.06. The van der Waals surface area contributed by atoms with Gasteiger partial charge in [0.25, 0.3) is 0 Å². The van der Waals surface area contributed by atoms with Crippen LogP contribution in [0, 0.1) is 6.92 Å².